The van der Waals surface area contributed by atoms with Crippen LogP contribution >= 0.6 is 0 Å². The highest BCUT2D eigenvalue weighted by molar-refractivity contribution is 5.91. The number of hydrogen-bond donors (Lipinski definition) is 0. The highest BCUT2D eigenvalue weighted by Crippen LogP contribution is 2.62. The monoisotopic (exact) mass is 274 g/mol. The van der Waals surface area contributed by atoms with Gasteiger partial charge in [0.25, 0.3) is 0 Å². The van der Waals surface area contributed by atoms with Crippen LogP contribution in [0.2, 0.25) is 0 Å². The SMILES string of the molecule is C[C@]12CCC3C(CCC4=CC(=O)CC[C@@H]43)C1CC=C2F. The molecule has 1 nitrogen and oxygen atoms in total. The third kappa shape index (κ3) is 1.63. The molecule has 0 bridgehead atoms. The van der Waals surface area contributed by atoms with Crippen molar-refractivity contribution in [2.75, 3.05) is 0 Å². The van der Waals surface area contributed by atoms with Gasteiger partial charge in [-0.25, -0.2) is 4.39 Å². The molecule has 0 radical (unpaired) electrons. The van der Waals surface area contributed by atoms with Crippen molar-refractivity contribution in [2.45, 2.75) is 51.9 Å². The maximum Gasteiger partial charge on any atom is 0.155 e. The molecule has 5 atom stereocenters. The van der Waals surface area contributed by atoms with Gasteiger partial charge in [0.05, 0.1) is 0 Å². The molecule has 20 heavy (non-hydrogen) atoms. The largest absolute Gasteiger partial charge is 0.295 e. The maximum atomic E-state index is 14.2. The third-order valence-corrected chi connectivity index (χ3v) is 6.79. The minimum absolute atomic E-state index is 0.154. The average Bonchev–Trinajstić information content (AvgIpc) is 2.74. The molecule has 108 valence electrons. The minimum atomic E-state index is -0.174. The molecule has 4 aliphatic carbocycles. The number of fused-ring (bicyclic) bond motifs is 5. The van der Waals surface area contributed by atoms with Crippen molar-refractivity contribution in [3.05, 3.63) is 23.6 Å². The van der Waals surface area contributed by atoms with E-state index in [1.165, 1.54) is 12.0 Å². The number of carbonyl (C=O) groups is 1. The van der Waals surface area contributed by atoms with Crippen LogP contribution in [0.3, 0.4) is 0 Å². The first-order valence-electron chi connectivity index (χ1n) is 8.19. The summed E-state index contributed by atoms with van der Waals surface area (Å²) in [6.07, 6.45) is 10.9. The van der Waals surface area contributed by atoms with E-state index in [1.807, 2.05) is 12.2 Å². The molecule has 0 aromatic heterocycles. The molecule has 3 unspecified atom stereocenters. The molecule has 0 N–H and O–H groups in total. The molecule has 0 amide bonds. The lowest BCUT2D eigenvalue weighted by Gasteiger charge is -2.52. The van der Waals surface area contributed by atoms with E-state index in [9.17, 15) is 9.18 Å². The van der Waals surface area contributed by atoms with Crippen LogP contribution in [-0.2, 0) is 4.79 Å². The Morgan fingerprint density at radius 2 is 2.05 bits per heavy atom. The van der Waals surface area contributed by atoms with Gasteiger partial charge in [-0.15, -0.1) is 0 Å². The van der Waals surface area contributed by atoms with Crippen molar-refractivity contribution in [3.63, 3.8) is 0 Å². The number of allylic oxidation sites excluding steroid dienone is 4. The van der Waals surface area contributed by atoms with Crippen molar-refractivity contribution in [3.8, 4) is 0 Å². The Kier molecular flexibility index (Phi) is 2.74. The summed E-state index contributed by atoms with van der Waals surface area (Å²) < 4.78 is 14.2. The third-order valence-electron chi connectivity index (χ3n) is 6.79. The van der Waals surface area contributed by atoms with Gasteiger partial charge >= 0.3 is 0 Å². The smallest absolute Gasteiger partial charge is 0.155 e. The molecule has 0 spiro atoms. The molecule has 2 saturated carbocycles. The number of hydrogen-bond acceptors (Lipinski definition) is 1. The van der Waals surface area contributed by atoms with Gasteiger partial charge in [-0.2, -0.15) is 0 Å². The second kappa shape index (κ2) is 4.29. The van der Waals surface area contributed by atoms with E-state index in [0.29, 0.717) is 29.5 Å². The van der Waals surface area contributed by atoms with Gasteiger partial charge in [-0.05, 0) is 68.3 Å². The van der Waals surface area contributed by atoms with Crippen molar-refractivity contribution < 1.29 is 9.18 Å². The van der Waals surface area contributed by atoms with Crippen LogP contribution in [0.4, 0.5) is 4.39 Å². The Bertz CT molecular complexity index is 518. The first-order chi connectivity index (χ1) is 9.59. The summed E-state index contributed by atoms with van der Waals surface area (Å²) in [5.74, 6) is 3.00. The Labute approximate surface area is 120 Å². The summed E-state index contributed by atoms with van der Waals surface area (Å²) >= 11 is 0. The molecule has 0 saturated heterocycles. The fourth-order valence-electron chi connectivity index (χ4n) is 5.70. The fourth-order valence-corrected chi connectivity index (χ4v) is 5.70. The van der Waals surface area contributed by atoms with Gasteiger partial charge in [0.15, 0.2) is 5.78 Å². The highest BCUT2D eigenvalue weighted by atomic mass is 19.1. The first-order valence-corrected chi connectivity index (χ1v) is 8.19. The summed E-state index contributed by atoms with van der Waals surface area (Å²) in [6, 6.07) is 0. The van der Waals surface area contributed by atoms with Crippen molar-refractivity contribution in [2.24, 2.45) is 29.1 Å². The van der Waals surface area contributed by atoms with E-state index in [-0.39, 0.29) is 11.2 Å². The Morgan fingerprint density at radius 1 is 1.20 bits per heavy atom. The van der Waals surface area contributed by atoms with E-state index in [4.69, 9.17) is 0 Å². The zero-order valence-corrected chi connectivity index (χ0v) is 12.2. The summed E-state index contributed by atoms with van der Waals surface area (Å²) in [7, 11) is 0. The van der Waals surface area contributed by atoms with Gasteiger partial charge < -0.3 is 0 Å². The van der Waals surface area contributed by atoms with Gasteiger partial charge in [0.2, 0.25) is 0 Å². The summed E-state index contributed by atoms with van der Waals surface area (Å²) in [5.41, 5.74) is 1.24. The molecule has 4 aliphatic rings. The van der Waals surface area contributed by atoms with Crippen LogP contribution in [-0.4, -0.2) is 5.78 Å². The molecule has 0 aromatic rings. The topological polar surface area (TPSA) is 17.1 Å². The van der Waals surface area contributed by atoms with Crippen LogP contribution in [0.15, 0.2) is 23.6 Å². The molecule has 4 rings (SSSR count). The van der Waals surface area contributed by atoms with Crippen LogP contribution in [0.5, 0.6) is 0 Å². The lowest BCUT2D eigenvalue weighted by molar-refractivity contribution is -0.116. The van der Waals surface area contributed by atoms with Crippen molar-refractivity contribution in [1.82, 2.24) is 0 Å². The Morgan fingerprint density at radius 3 is 2.90 bits per heavy atom. The van der Waals surface area contributed by atoms with Crippen LogP contribution < -0.4 is 0 Å². The molecule has 0 heterocycles. The molecule has 0 aliphatic heterocycles. The maximum absolute atomic E-state index is 14.2. The minimum Gasteiger partial charge on any atom is -0.295 e. The predicted molar refractivity (Wildman–Crippen MR) is 76.7 cm³/mol. The Hall–Kier alpha value is -0.920. The van der Waals surface area contributed by atoms with Crippen LogP contribution in [0.25, 0.3) is 0 Å². The standard InChI is InChI=1S/C18H23FO/c1-18-9-8-14-13-5-3-12(20)10-11(13)2-4-15(14)16(18)6-7-17(18)19/h7,10,13-16H,2-6,8-9H2,1H3/t13-,14?,15?,16?,18-/m0/s1. The summed E-state index contributed by atoms with van der Waals surface area (Å²) in [5, 5.41) is 0. The van der Waals surface area contributed by atoms with Crippen LogP contribution in [0.1, 0.15) is 51.9 Å². The summed E-state index contributed by atoms with van der Waals surface area (Å²) in [6.45, 7) is 2.14. The second-order valence-corrected chi connectivity index (χ2v) is 7.55. The molecular formula is C18H23FO. The zero-order valence-electron chi connectivity index (χ0n) is 12.2. The van der Waals surface area contributed by atoms with E-state index < -0.39 is 0 Å². The summed E-state index contributed by atoms with van der Waals surface area (Å²) in [4.78, 5) is 11.6. The lowest BCUT2D eigenvalue weighted by Crippen LogP contribution is -2.45. The quantitative estimate of drug-likeness (QED) is 0.631. The number of ketones is 1. The van der Waals surface area contributed by atoms with Crippen LogP contribution in [0, 0.1) is 29.1 Å². The highest BCUT2D eigenvalue weighted by Gasteiger charge is 2.54. The van der Waals surface area contributed by atoms with Gasteiger partial charge in [-0.3, -0.25) is 4.79 Å². The van der Waals surface area contributed by atoms with Crippen molar-refractivity contribution in [1.29, 1.82) is 0 Å². The molecule has 2 fully saturated rings. The number of rotatable bonds is 0. The second-order valence-electron chi connectivity index (χ2n) is 7.55. The van der Waals surface area contributed by atoms with E-state index in [2.05, 4.69) is 6.92 Å². The fraction of sp³-hybridized carbons (Fsp3) is 0.722. The van der Waals surface area contributed by atoms with Gasteiger partial charge in [0, 0.05) is 11.8 Å². The normalized spacial score (nSPS) is 47.0. The predicted octanol–water partition coefficient (Wildman–Crippen LogP) is 4.59. The van der Waals surface area contributed by atoms with E-state index >= 15 is 0 Å². The average molecular weight is 274 g/mol. The number of halogens is 1. The van der Waals surface area contributed by atoms with E-state index in [0.717, 1.165) is 38.5 Å². The molecular weight excluding hydrogens is 251 g/mol. The molecule has 2 heteroatoms. The molecule has 0 aromatic carbocycles. The first kappa shape index (κ1) is 12.8. The Balaban J connectivity index is 1.64. The van der Waals surface area contributed by atoms with Gasteiger partial charge in [-0.1, -0.05) is 18.6 Å². The lowest BCUT2D eigenvalue weighted by atomic mass is 9.52. The van der Waals surface area contributed by atoms with Gasteiger partial charge in [0.1, 0.15) is 5.83 Å². The number of carbonyl (C=O) groups excluding carboxylic acids is 1. The van der Waals surface area contributed by atoms with E-state index in [1.54, 1.807) is 0 Å². The zero-order chi connectivity index (χ0) is 13.9. The van der Waals surface area contributed by atoms with Crippen molar-refractivity contribution >= 4 is 5.78 Å².